The Bertz CT molecular complexity index is 732. The molecule has 5 heteroatoms. The average Bonchev–Trinajstić information content (AvgIpc) is 2.61. The molecule has 2 aromatic rings. The molecule has 1 aromatic carbocycles. The fourth-order valence-corrected chi connectivity index (χ4v) is 2.05. The van der Waals surface area contributed by atoms with Crippen LogP contribution in [0.25, 0.3) is 0 Å². The number of carbonyl (C=O) groups is 1. The van der Waals surface area contributed by atoms with Crippen molar-refractivity contribution >= 4 is 11.6 Å². The zero-order chi connectivity index (χ0) is 16.5. The highest BCUT2D eigenvalue weighted by Crippen LogP contribution is 2.15. The third-order valence-corrected chi connectivity index (χ3v) is 3.31. The molecule has 0 atom stereocenters. The minimum Gasteiger partial charge on any atom is -0.360 e. The predicted octanol–water partition coefficient (Wildman–Crippen LogP) is 2.78. The second-order valence-corrected chi connectivity index (χ2v) is 4.87. The first-order valence-electron chi connectivity index (χ1n) is 7.36. The van der Waals surface area contributed by atoms with E-state index in [4.69, 9.17) is 5.26 Å². The van der Waals surface area contributed by atoms with Gasteiger partial charge in [0.2, 0.25) is 0 Å². The highest BCUT2D eigenvalue weighted by Gasteiger charge is 2.08. The van der Waals surface area contributed by atoms with E-state index in [0.29, 0.717) is 6.54 Å². The van der Waals surface area contributed by atoms with E-state index >= 15 is 0 Å². The molecule has 0 aliphatic rings. The topological polar surface area (TPSA) is 77.8 Å². The molecule has 1 heterocycles. The number of hydrogen-bond acceptors (Lipinski definition) is 4. The Labute approximate surface area is 135 Å². The summed E-state index contributed by atoms with van der Waals surface area (Å²) in [6.45, 7) is 2.38. The van der Waals surface area contributed by atoms with Gasteiger partial charge in [-0.3, -0.25) is 9.78 Å². The van der Waals surface area contributed by atoms with Gasteiger partial charge in [-0.1, -0.05) is 31.2 Å². The van der Waals surface area contributed by atoms with Crippen molar-refractivity contribution in [3.05, 3.63) is 71.7 Å². The van der Waals surface area contributed by atoms with Crippen molar-refractivity contribution in [2.24, 2.45) is 0 Å². The van der Waals surface area contributed by atoms with E-state index in [9.17, 15) is 4.79 Å². The van der Waals surface area contributed by atoms with Crippen molar-refractivity contribution in [3.8, 4) is 6.07 Å². The third kappa shape index (κ3) is 4.68. The number of hydrogen-bond donors (Lipinski definition) is 2. The average molecular weight is 306 g/mol. The van der Waals surface area contributed by atoms with E-state index in [1.54, 1.807) is 18.5 Å². The lowest BCUT2D eigenvalue weighted by Crippen LogP contribution is -2.24. The number of benzene rings is 1. The first kappa shape index (κ1) is 16.2. The molecule has 0 bridgehead atoms. The molecule has 5 nitrogen and oxygen atoms in total. The molecule has 0 unspecified atom stereocenters. The molecule has 0 aliphatic carbocycles. The summed E-state index contributed by atoms with van der Waals surface area (Å²) in [7, 11) is 0. The van der Waals surface area contributed by atoms with Gasteiger partial charge >= 0.3 is 0 Å². The molecule has 0 spiro atoms. The van der Waals surface area contributed by atoms with Crippen LogP contribution in [0.2, 0.25) is 0 Å². The van der Waals surface area contributed by atoms with Gasteiger partial charge in [-0.25, -0.2) is 0 Å². The monoisotopic (exact) mass is 306 g/mol. The lowest BCUT2D eigenvalue weighted by Gasteiger charge is -2.08. The van der Waals surface area contributed by atoms with E-state index in [1.807, 2.05) is 36.4 Å². The Morgan fingerprint density at radius 3 is 2.83 bits per heavy atom. The minimum absolute atomic E-state index is 0.0276. The van der Waals surface area contributed by atoms with Gasteiger partial charge in [0.1, 0.15) is 11.6 Å². The number of carbonyl (C=O) groups excluding carboxylic acids is 1. The molecule has 1 amide bonds. The van der Waals surface area contributed by atoms with Crippen LogP contribution in [-0.2, 0) is 17.8 Å². The van der Waals surface area contributed by atoms with Gasteiger partial charge in [0, 0.05) is 30.8 Å². The molecule has 0 saturated carbocycles. The van der Waals surface area contributed by atoms with Crippen LogP contribution in [0.1, 0.15) is 18.1 Å². The van der Waals surface area contributed by atoms with Crippen molar-refractivity contribution in [3.63, 3.8) is 0 Å². The first-order chi connectivity index (χ1) is 11.2. The summed E-state index contributed by atoms with van der Waals surface area (Å²) in [6, 6.07) is 13.4. The van der Waals surface area contributed by atoms with Crippen LogP contribution < -0.4 is 10.6 Å². The number of aromatic nitrogens is 1. The predicted molar refractivity (Wildman–Crippen MR) is 89.2 cm³/mol. The molecule has 0 radical (unpaired) electrons. The Morgan fingerprint density at radius 1 is 1.30 bits per heavy atom. The second kappa shape index (κ2) is 8.35. The molecule has 0 fully saturated rings. The molecular formula is C18H18N4O. The van der Waals surface area contributed by atoms with Gasteiger partial charge in [0.25, 0.3) is 5.91 Å². The maximum atomic E-state index is 12.1. The molecule has 0 saturated heterocycles. The summed E-state index contributed by atoms with van der Waals surface area (Å²) in [4.78, 5) is 16.0. The summed E-state index contributed by atoms with van der Waals surface area (Å²) in [5.41, 5.74) is 2.92. The van der Waals surface area contributed by atoms with Crippen LogP contribution in [0.5, 0.6) is 0 Å². The molecule has 23 heavy (non-hydrogen) atoms. The van der Waals surface area contributed by atoms with E-state index in [0.717, 1.165) is 23.2 Å². The van der Waals surface area contributed by atoms with Crippen LogP contribution in [0, 0.1) is 11.3 Å². The number of para-hydroxylation sites is 1. The SMILES string of the molecule is CCc1ccccc1N/C=C(/C#N)C(=O)NCc1cccnc1. The van der Waals surface area contributed by atoms with Crippen molar-refractivity contribution < 1.29 is 4.79 Å². The van der Waals surface area contributed by atoms with E-state index in [1.165, 1.54) is 6.20 Å². The summed E-state index contributed by atoms with van der Waals surface area (Å²) in [6.07, 6.45) is 5.64. The zero-order valence-corrected chi connectivity index (χ0v) is 12.9. The number of amides is 1. The van der Waals surface area contributed by atoms with Crippen LogP contribution in [0.15, 0.2) is 60.6 Å². The van der Waals surface area contributed by atoms with Gasteiger partial charge in [0.05, 0.1) is 0 Å². The highest BCUT2D eigenvalue weighted by atomic mass is 16.1. The number of rotatable bonds is 6. The van der Waals surface area contributed by atoms with Crippen LogP contribution in [0.4, 0.5) is 5.69 Å². The smallest absolute Gasteiger partial charge is 0.263 e. The second-order valence-electron chi connectivity index (χ2n) is 4.87. The number of anilines is 1. The van der Waals surface area contributed by atoms with Crippen LogP contribution >= 0.6 is 0 Å². The first-order valence-corrected chi connectivity index (χ1v) is 7.36. The third-order valence-electron chi connectivity index (χ3n) is 3.31. The molecule has 1 aromatic heterocycles. The number of nitrogens with one attached hydrogen (secondary N) is 2. The quantitative estimate of drug-likeness (QED) is 0.635. The Kier molecular flexibility index (Phi) is 5.89. The van der Waals surface area contributed by atoms with Gasteiger partial charge < -0.3 is 10.6 Å². The van der Waals surface area contributed by atoms with Crippen LogP contribution in [0.3, 0.4) is 0 Å². The zero-order valence-electron chi connectivity index (χ0n) is 12.9. The van der Waals surface area contributed by atoms with Crippen molar-refractivity contribution in [2.45, 2.75) is 19.9 Å². The van der Waals surface area contributed by atoms with Gasteiger partial charge in [-0.2, -0.15) is 5.26 Å². The van der Waals surface area contributed by atoms with Gasteiger partial charge in [-0.05, 0) is 29.7 Å². The molecule has 0 aliphatic heterocycles. The normalized spacial score (nSPS) is 10.7. The lowest BCUT2D eigenvalue weighted by molar-refractivity contribution is -0.117. The maximum Gasteiger partial charge on any atom is 0.263 e. The van der Waals surface area contributed by atoms with Crippen molar-refractivity contribution in [2.75, 3.05) is 5.32 Å². The standard InChI is InChI=1S/C18H18N4O/c1-2-15-7-3-4-8-17(15)21-13-16(10-19)18(23)22-12-14-6-5-9-20-11-14/h3-9,11,13,21H,2,12H2,1H3,(H,22,23)/b16-13-. The van der Waals surface area contributed by atoms with E-state index in [2.05, 4.69) is 22.5 Å². The fourth-order valence-electron chi connectivity index (χ4n) is 2.05. The van der Waals surface area contributed by atoms with E-state index in [-0.39, 0.29) is 5.57 Å². The summed E-state index contributed by atoms with van der Waals surface area (Å²) in [5, 5.41) is 14.9. The minimum atomic E-state index is -0.419. The Hall–Kier alpha value is -3.13. The number of aryl methyl sites for hydroxylation is 1. The Morgan fingerprint density at radius 2 is 2.13 bits per heavy atom. The lowest BCUT2D eigenvalue weighted by atomic mass is 10.1. The number of pyridine rings is 1. The van der Waals surface area contributed by atoms with Crippen molar-refractivity contribution in [1.29, 1.82) is 5.26 Å². The fraction of sp³-hybridized carbons (Fsp3) is 0.167. The highest BCUT2D eigenvalue weighted by molar-refractivity contribution is 5.97. The van der Waals surface area contributed by atoms with E-state index < -0.39 is 5.91 Å². The molecule has 2 N–H and O–H groups in total. The molecular weight excluding hydrogens is 288 g/mol. The summed E-state index contributed by atoms with van der Waals surface area (Å²) in [5.74, 6) is -0.419. The Balaban J connectivity index is 2.01. The summed E-state index contributed by atoms with van der Waals surface area (Å²) >= 11 is 0. The largest absolute Gasteiger partial charge is 0.360 e. The van der Waals surface area contributed by atoms with Crippen LogP contribution in [-0.4, -0.2) is 10.9 Å². The van der Waals surface area contributed by atoms with Crippen molar-refractivity contribution in [1.82, 2.24) is 10.3 Å². The van der Waals surface area contributed by atoms with Gasteiger partial charge in [0.15, 0.2) is 0 Å². The number of nitrogens with zero attached hydrogens (tertiary/aromatic N) is 2. The maximum absolute atomic E-state index is 12.1. The molecule has 116 valence electrons. The van der Waals surface area contributed by atoms with Gasteiger partial charge in [-0.15, -0.1) is 0 Å². The number of nitriles is 1. The molecule has 2 rings (SSSR count). The summed E-state index contributed by atoms with van der Waals surface area (Å²) < 4.78 is 0.